The van der Waals surface area contributed by atoms with Crippen LogP contribution in [0.3, 0.4) is 0 Å². The van der Waals surface area contributed by atoms with E-state index in [4.69, 9.17) is 34.7 Å². The van der Waals surface area contributed by atoms with Gasteiger partial charge in [-0.25, -0.2) is 29.5 Å². The predicted octanol–water partition coefficient (Wildman–Crippen LogP) is 19.4. The van der Waals surface area contributed by atoms with E-state index in [0.717, 1.165) is 104 Å². The zero-order valence-electron chi connectivity index (χ0n) is 40.3. The molecule has 0 amide bonds. The first-order valence-electron chi connectivity index (χ1n) is 24.4. The van der Waals surface area contributed by atoms with Gasteiger partial charge in [0.25, 0.3) is 0 Å². The van der Waals surface area contributed by atoms with Gasteiger partial charge in [0.1, 0.15) is 0 Å². The van der Waals surface area contributed by atoms with Gasteiger partial charge in [-0.1, -0.05) is 163 Å². The summed E-state index contributed by atoms with van der Waals surface area (Å²) in [5.74, 6) is 1.41. The Kier molecular flexibility index (Phi) is 11.7. The first kappa shape index (κ1) is 45.8. The van der Waals surface area contributed by atoms with Gasteiger partial charge in [-0.05, 0) is 124 Å². The summed E-state index contributed by atoms with van der Waals surface area (Å²) < 4.78 is 0. The highest BCUT2D eigenvalue weighted by Gasteiger charge is 2.31. The number of aromatic nitrogens is 3. The van der Waals surface area contributed by atoms with Crippen molar-refractivity contribution < 1.29 is 0 Å². The lowest BCUT2D eigenvalue weighted by atomic mass is 9.99. The van der Waals surface area contributed by atoms with Crippen LogP contribution in [0, 0.1) is 19.7 Å². The quantitative estimate of drug-likeness (QED) is 0.141. The summed E-state index contributed by atoms with van der Waals surface area (Å²) in [7, 11) is 0. The van der Waals surface area contributed by atoms with E-state index in [9.17, 15) is 0 Å². The lowest BCUT2D eigenvalue weighted by molar-refractivity contribution is 1.07. The molecule has 0 fully saturated rings. The zero-order chi connectivity index (χ0) is 51.1. The van der Waals surface area contributed by atoms with Crippen LogP contribution in [-0.2, 0) is 0 Å². The molecule has 0 saturated carbocycles. The average molecular weight is 1010 g/mol. The zero-order valence-corrected chi connectivity index (χ0v) is 42.0. The second-order valence-electron chi connectivity index (χ2n) is 18.1. The van der Waals surface area contributed by atoms with Crippen molar-refractivity contribution in [3.8, 4) is 67.5 Å². The third kappa shape index (κ3) is 8.38. The lowest BCUT2D eigenvalue weighted by Gasteiger charge is -2.34. The van der Waals surface area contributed by atoms with Gasteiger partial charge in [0, 0.05) is 36.3 Å². The molecule has 2 aliphatic heterocycles. The van der Waals surface area contributed by atoms with Crippen LogP contribution in [0.1, 0.15) is 0 Å². The molecule has 0 aliphatic carbocycles. The Hall–Kier alpha value is -10.0. The van der Waals surface area contributed by atoms with E-state index in [-0.39, 0.29) is 0 Å². The Morgan fingerprint density at radius 1 is 0.276 bits per heavy atom. The van der Waals surface area contributed by atoms with Gasteiger partial charge in [-0.2, -0.15) is 0 Å². The van der Waals surface area contributed by atoms with Crippen molar-refractivity contribution in [3.63, 3.8) is 0 Å². The fraction of sp³-hybridized carbons (Fsp3) is 0. The minimum absolute atomic E-state index is 0.466. The monoisotopic (exact) mass is 1010 g/mol. The molecule has 0 atom stereocenters. The molecule has 354 valence electrons. The number of hydrogen-bond acceptors (Lipinski definition) is 7. The Morgan fingerprint density at radius 3 is 0.974 bits per heavy atom. The van der Waals surface area contributed by atoms with E-state index in [1.54, 1.807) is 23.5 Å². The van der Waals surface area contributed by atoms with Crippen molar-refractivity contribution in [2.75, 3.05) is 9.80 Å². The maximum absolute atomic E-state index is 7.86. The molecule has 0 N–H and O–H groups in total. The maximum Gasteiger partial charge on any atom is 0.187 e. The highest BCUT2D eigenvalue weighted by Crippen LogP contribution is 2.55. The Morgan fingerprint density at radius 2 is 0.592 bits per heavy atom. The van der Waals surface area contributed by atoms with Crippen molar-refractivity contribution in [1.82, 2.24) is 15.0 Å². The maximum atomic E-state index is 7.86. The van der Waals surface area contributed by atoms with E-state index in [2.05, 4.69) is 170 Å². The normalized spacial score (nSPS) is 12.0. The number of benzene rings is 10. The smallest absolute Gasteiger partial charge is 0.187 e. The number of fused-ring (bicyclic) bond motifs is 4. The SMILES string of the molecule is [C-]#[N+]c1cccc(-c2ccc(-c3nc(-c4ccc(-c5cccc([N+]#[C-])c5)cc4N4c5ccccc5Sc5ccccc54)nc(-c4ccc(-c5cccc([N+]#[C-])c5)cc4N4c5ccccc5Sc5ccccc54)n3)cc2)c1. The number of nitrogens with zero attached hydrogens (tertiary/aromatic N) is 8. The first-order chi connectivity index (χ1) is 37.5. The molecule has 10 heteroatoms. The fourth-order valence-corrected chi connectivity index (χ4v) is 12.0. The van der Waals surface area contributed by atoms with Crippen molar-refractivity contribution in [2.24, 2.45) is 0 Å². The molecule has 0 bridgehead atoms. The summed E-state index contributed by atoms with van der Waals surface area (Å²) in [5, 5.41) is 0. The van der Waals surface area contributed by atoms with Gasteiger partial charge >= 0.3 is 0 Å². The highest BCUT2D eigenvalue weighted by atomic mass is 32.2. The van der Waals surface area contributed by atoms with Gasteiger partial charge < -0.3 is 9.80 Å². The first-order valence-corrected chi connectivity index (χ1v) is 26.0. The lowest BCUT2D eigenvalue weighted by Crippen LogP contribution is -2.17. The third-order valence-corrected chi connectivity index (χ3v) is 15.8. The topological polar surface area (TPSA) is 58.2 Å². The second kappa shape index (κ2) is 19.4. The van der Waals surface area contributed by atoms with E-state index in [1.807, 2.05) is 84.9 Å². The van der Waals surface area contributed by atoms with Crippen LogP contribution in [0.2, 0.25) is 0 Å². The standard InChI is InChI=1S/C66H38N8S2/c1-67-49-18-12-15-44(37-49)42-29-31-43(32-30-42)64-70-65(52-35-33-47(45-16-13-19-50(38-45)68-2)40-58(52)73-54-21-4-8-25-60(54)75-61-26-9-5-22-55(61)73)72-66(71-64)53-36-34-48(46-17-14-20-51(39-46)69-3)41-59(53)74-56-23-6-10-27-62(56)76-63-28-11-7-24-57(63)74/h4-41H. The van der Waals surface area contributed by atoms with Crippen molar-refractivity contribution in [1.29, 1.82) is 0 Å². The van der Waals surface area contributed by atoms with Crippen LogP contribution < -0.4 is 9.80 Å². The number of hydrogen-bond donors (Lipinski definition) is 0. The van der Waals surface area contributed by atoms with Crippen molar-refractivity contribution in [2.45, 2.75) is 19.6 Å². The molecule has 0 saturated heterocycles. The van der Waals surface area contributed by atoms with Crippen LogP contribution in [0.25, 0.3) is 82.1 Å². The minimum Gasteiger partial charge on any atom is -0.307 e. The summed E-state index contributed by atoms with van der Waals surface area (Å²) in [6.07, 6.45) is 0. The predicted molar refractivity (Wildman–Crippen MR) is 309 cm³/mol. The molecule has 0 spiro atoms. The van der Waals surface area contributed by atoms with Gasteiger partial charge in [-0.15, -0.1) is 0 Å². The van der Waals surface area contributed by atoms with E-state index in [1.165, 1.54) is 0 Å². The summed E-state index contributed by atoms with van der Waals surface area (Å²) in [6.45, 7) is 23.4. The molecular formula is C66H38N8S2. The van der Waals surface area contributed by atoms with Crippen LogP contribution in [-0.4, -0.2) is 15.0 Å². The molecule has 11 aromatic rings. The molecule has 8 nitrogen and oxygen atoms in total. The van der Waals surface area contributed by atoms with Gasteiger partial charge in [0.05, 0.1) is 53.8 Å². The third-order valence-electron chi connectivity index (χ3n) is 13.5. The van der Waals surface area contributed by atoms with Gasteiger partial charge in [0.15, 0.2) is 34.5 Å². The molecule has 3 heterocycles. The van der Waals surface area contributed by atoms with Crippen LogP contribution in [0.5, 0.6) is 0 Å². The van der Waals surface area contributed by atoms with Gasteiger partial charge in [0.2, 0.25) is 0 Å². The minimum atomic E-state index is 0.466. The Labute approximate surface area is 448 Å². The molecular weight excluding hydrogens is 969 g/mol. The number of anilines is 6. The van der Waals surface area contributed by atoms with Crippen molar-refractivity contribution in [3.05, 3.63) is 265 Å². The van der Waals surface area contributed by atoms with Crippen LogP contribution in [0.4, 0.5) is 51.2 Å². The molecule has 10 aromatic carbocycles. The van der Waals surface area contributed by atoms with Crippen molar-refractivity contribution >= 4 is 74.7 Å². The second-order valence-corrected chi connectivity index (χ2v) is 20.2. The summed E-state index contributed by atoms with van der Waals surface area (Å²) >= 11 is 3.49. The number of para-hydroxylation sites is 4. The molecule has 1 aromatic heterocycles. The fourth-order valence-electron chi connectivity index (χ4n) is 9.92. The van der Waals surface area contributed by atoms with E-state index >= 15 is 0 Å². The van der Waals surface area contributed by atoms with Crippen LogP contribution >= 0.6 is 23.5 Å². The highest BCUT2D eigenvalue weighted by molar-refractivity contribution is 8.00. The summed E-state index contributed by atoms with van der Waals surface area (Å²) in [5.41, 5.74) is 15.4. The molecule has 13 rings (SSSR count). The summed E-state index contributed by atoms with van der Waals surface area (Å²) in [6, 6.07) is 77.9. The van der Waals surface area contributed by atoms with E-state index in [0.29, 0.717) is 34.5 Å². The average Bonchev–Trinajstić information content (AvgIpc) is 3.53. The van der Waals surface area contributed by atoms with E-state index < -0.39 is 0 Å². The summed E-state index contributed by atoms with van der Waals surface area (Å²) in [4.78, 5) is 36.8. The molecule has 0 unspecified atom stereocenters. The number of rotatable bonds is 8. The Balaban J connectivity index is 1.08. The molecule has 76 heavy (non-hydrogen) atoms. The van der Waals surface area contributed by atoms with Gasteiger partial charge in [-0.3, -0.25) is 0 Å². The largest absolute Gasteiger partial charge is 0.307 e. The Bertz CT molecular complexity index is 3950. The molecule has 0 radical (unpaired) electrons. The van der Waals surface area contributed by atoms with Crippen LogP contribution in [0.15, 0.2) is 250 Å². The molecule has 2 aliphatic rings.